The van der Waals surface area contributed by atoms with Crippen LogP contribution in [-0.4, -0.2) is 11.9 Å². The highest BCUT2D eigenvalue weighted by Crippen LogP contribution is 2.13. The van der Waals surface area contributed by atoms with Gasteiger partial charge in [0.25, 0.3) is 5.91 Å². The number of benzene rings is 1. The zero-order chi connectivity index (χ0) is 15.2. The van der Waals surface area contributed by atoms with Gasteiger partial charge in [0.05, 0.1) is 12.3 Å². The molecule has 6 nitrogen and oxygen atoms in total. The van der Waals surface area contributed by atoms with Gasteiger partial charge in [0.1, 0.15) is 5.76 Å². The van der Waals surface area contributed by atoms with Gasteiger partial charge in [0.2, 0.25) is 0 Å². The zero-order valence-electron chi connectivity index (χ0n) is 11.6. The number of carbonyl (C=O) groups is 2. The molecule has 0 aliphatic carbocycles. The SMILES string of the molecule is C[C@@H](NC(=O)c1ccc(CNC(N)=O)cc1)c1ccco1. The van der Waals surface area contributed by atoms with E-state index in [1.165, 1.54) is 0 Å². The summed E-state index contributed by atoms with van der Waals surface area (Å²) in [6, 6.07) is 9.73. The summed E-state index contributed by atoms with van der Waals surface area (Å²) >= 11 is 0. The standard InChI is InChI=1S/C15H17N3O3/c1-10(13-3-2-8-21-13)18-14(19)12-6-4-11(5-7-12)9-17-15(16)20/h2-8,10H,9H2,1H3,(H,18,19)(H3,16,17,20)/t10-/m1/s1. The molecule has 4 N–H and O–H groups in total. The van der Waals surface area contributed by atoms with Gasteiger partial charge in [0.15, 0.2) is 0 Å². The van der Waals surface area contributed by atoms with E-state index in [-0.39, 0.29) is 11.9 Å². The van der Waals surface area contributed by atoms with E-state index < -0.39 is 6.03 Å². The predicted octanol–water partition coefficient (Wildman–Crippen LogP) is 1.94. The number of nitrogens with two attached hydrogens (primary N) is 1. The van der Waals surface area contributed by atoms with Crippen LogP contribution in [0.3, 0.4) is 0 Å². The Morgan fingerprint density at radius 1 is 1.24 bits per heavy atom. The average Bonchev–Trinajstić information content (AvgIpc) is 3.00. The molecule has 110 valence electrons. The minimum absolute atomic E-state index is 0.187. The second-order valence-electron chi connectivity index (χ2n) is 4.63. The third-order valence-electron chi connectivity index (χ3n) is 3.00. The number of urea groups is 1. The Hall–Kier alpha value is -2.76. The summed E-state index contributed by atoms with van der Waals surface area (Å²) in [5.74, 6) is 0.513. The smallest absolute Gasteiger partial charge is 0.312 e. The normalized spacial score (nSPS) is 11.7. The summed E-state index contributed by atoms with van der Waals surface area (Å²) in [6.45, 7) is 2.18. The number of carbonyl (C=O) groups excluding carboxylic acids is 2. The van der Waals surface area contributed by atoms with Crippen LogP contribution in [-0.2, 0) is 6.54 Å². The maximum Gasteiger partial charge on any atom is 0.312 e. The number of amides is 3. The van der Waals surface area contributed by atoms with Crippen LogP contribution in [0.2, 0.25) is 0 Å². The van der Waals surface area contributed by atoms with Crippen molar-refractivity contribution in [2.45, 2.75) is 19.5 Å². The van der Waals surface area contributed by atoms with Crippen LogP contribution in [0.5, 0.6) is 0 Å². The maximum absolute atomic E-state index is 12.1. The second-order valence-corrected chi connectivity index (χ2v) is 4.63. The van der Waals surface area contributed by atoms with Crippen LogP contribution in [0.1, 0.15) is 34.6 Å². The molecule has 3 amide bonds. The van der Waals surface area contributed by atoms with Crippen molar-refractivity contribution in [2.75, 3.05) is 0 Å². The fourth-order valence-electron chi connectivity index (χ4n) is 1.85. The Balaban J connectivity index is 1.95. The first kappa shape index (κ1) is 14.6. The number of furan rings is 1. The van der Waals surface area contributed by atoms with Gasteiger partial charge in [-0.15, -0.1) is 0 Å². The van der Waals surface area contributed by atoms with Gasteiger partial charge in [0, 0.05) is 12.1 Å². The number of nitrogens with one attached hydrogen (secondary N) is 2. The molecule has 1 atom stereocenters. The molecular formula is C15H17N3O3. The number of hydrogen-bond donors (Lipinski definition) is 3. The van der Waals surface area contributed by atoms with E-state index in [0.717, 1.165) is 5.56 Å². The number of primary amides is 1. The van der Waals surface area contributed by atoms with Crippen LogP contribution < -0.4 is 16.4 Å². The lowest BCUT2D eigenvalue weighted by Gasteiger charge is -2.11. The first-order valence-corrected chi connectivity index (χ1v) is 6.53. The maximum atomic E-state index is 12.1. The molecule has 0 bridgehead atoms. The highest BCUT2D eigenvalue weighted by Gasteiger charge is 2.13. The zero-order valence-corrected chi connectivity index (χ0v) is 11.6. The van der Waals surface area contributed by atoms with Crippen molar-refractivity contribution < 1.29 is 14.0 Å². The summed E-state index contributed by atoms with van der Waals surface area (Å²) in [5, 5.41) is 5.33. The highest BCUT2D eigenvalue weighted by atomic mass is 16.3. The third-order valence-corrected chi connectivity index (χ3v) is 3.00. The van der Waals surface area contributed by atoms with Crippen molar-refractivity contribution in [1.82, 2.24) is 10.6 Å². The van der Waals surface area contributed by atoms with E-state index in [9.17, 15) is 9.59 Å². The largest absolute Gasteiger partial charge is 0.467 e. The van der Waals surface area contributed by atoms with E-state index >= 15 is 0 Å². The van der Waals surface area contributed by atoms with E-state index in [0.29, 0.717) is 17.9 Å². The molecule has 0 saturated heterocycles. The fourth-order valence-corrected chi connectivity index (χ4v) is 1.85. The molecule has 0 saturated carbocycles. The molecule has 0 radical (unpaired) electrons. The molecule has 0 aliphatic rings. The van der Waals surface area contributed by atoms with Crippen LogP contribution >= 0.6 is 0 Å². The van der Waals surface area contributed by atoms with Gasteiger partial charge < -0.3 is 20.8 Å². The Morgan fingerprint density at radius 2 is 1.95 bits per heavy atom. The summed E-state index contributed by atoms with van der Waals surface area (Å²) in [6.07, 6.45) is 1.57. The summed E-state index contributed by atoms with van der Waals surface area (Å²) < 4.78 is 5.24. The molecule has 2 aromatic rings. The van der Waals surface area contributed by atoms with Crippen molar-refractivity contribution in [1.29, 1.82) is 0 Å². The van der Waals surface area contributed by atoms with Crippen molar-refractivity contribution in [3.63, 3.8) is 0 Å². The minimum atomic E-state index is -0.580. The van der Waals surface area contributed by atoms with Gasteiger partial charge in [-0.05, 0) is 36.8 Å². The Morgan fingerprint density at radius 3 is 2.52 bits per heavy atom. The lowest BCUT2D eigenvalue weighted by Crippen LogP contribution is -2.28. The molecular weight excluding hydrogens is 270 g/mol. The lowest BCUT2D eigenvalue weighted by atomic mass is 10.1. The molecule has 0 aliphatic heterocycles. The van der Waals surface area contributed by atoms with Gasteiger partial charge in [-0.3, -0.25) is 4.79 Å². The molecule has 1 aromatic carbocycles. The fraction of sp³-hybridized carbons (Fsp3) is 0.200. The second kappa shape index (κ2) is 6.60. The molecule has 0 unspecified atom stereocenters. The van der Waals surface area contributed by atoms with Gasteiger partial charge in [-0.25, -0.2) is 4.79 Å². The first-order valence-electron chi connectivity index (χ1n) is 6.53. The minimum Gasteiger partial charge on any atom is -0.467 e. The Kier molecular flexibility index (Phi) is 4.61. The average molecular weight is 287 g/mol. The molecule has 1 heterocycles. The van der Waals surface area contributed by atoms with E-state index in [1.54, 1.807) is 36.6 Å². The molecule has 2 rings (SSSR count). The number of hydrogen-bond acceptors (Lipinski definition) is 3. The van der Waals surface area contributed by atoms with Crippen LogP contribution in [0, 0.1) is 0 Å². The third kappa shape index (κ3) is 4.10. The number of rotatable bonds is 5. The summed E-state index contributed by atoms with van der Waals surface area (Å²) in [5.41, 5.74) is 6.40. The van der Waals surface area contributed by atoms with Crippen molar-refractivity contribution in [3.05, 3.63) is 59.5 Å². The van der Waals surface area contributed by atoms with Crippen molar-refractivity contribution in [3.8, 4) is 0 Å². The van der Waals surface area contributed by atoms with Crippen molar-refractivity contribution in [2.24, 2.45) is 5.73 Å². The quantitative estimate of drug-likeness (QED) is 0.783. The molecule has 6 heteroatoms. The molecule has 21 heavy (non-hydrogen) atoms. The van der Waals surface area contributed by atoms with Gasteiger partial charge in [-0.2, -0.15) is 0 Å². The highest BCUT2D eigenvalue weighted by molar-refractivity contribution is 5.94. The van der Waals surface area contributed by atoms with Crippen molar-refractivity contribution >= 4 is 11.9 Å². The summed E-state index contributed by atoms with van der Waals surface area (Å²) in [7, 11) is 0. The summed E-state index contributed by atoms with van der Waals surface area (Å²) in [4.78, 5) is 22.7. The monoisotopic (exact) mass is 287 g/mol. The molecule has 1 aromatic heterocycles. The van der Waals surface area contributed by atoms with E-state index in [2.05, 4.69) is 10.6 Å². The van der Waals surface area contributed by atoms with Gasteiger partial charge >= 0.3 is 6.03 Å². The van der Waals surface area contributed by atoms with Crippen LogP contribution in [0.15, 0.2) is 47.1 Å². The van der Waals surface area contributed by atoms with Crippen LogP contribution in [0.4, 0.5) is 4.79 Å². The predicted molar refractivity (Wildman–Crippen MR) is 77.5 cm³/mol. The topological polar surface area (TPSA) is 97.4 Å². The molecule has 0 spiro atoms. The molecule has 0 fully saturated rings. The van der Waals surface area contributed by atoms with E-state index in [4.69, 9.17) is 10.2 Å². The van der Waals surface area contributed by atoms with Crippen LogP contribution in [0.25, 0.3) is 0 Å². The Labute approximate surface area is 122 Å². The lowest BCUT2D eigenvalue weighted by molar-refractivity contribution is 0.0935. The van der Waals surface area contributed by atoms with E-state index in [1.807, 2.05) is 13.0 Å². The first-order chi connectivity index (χ1) is 10.1. The van der Waals surface area contributed by atoms with Gasteiger partial charge in [-0.1, -0.05) is 12.1 Å². The Bertz CT molecular complexity index is 606.